The minimum absolute atomic E-state index is 0.367. The van der Waals surface area contributed by atoms with Crippen molar-refractivity contribution in [3.63, 3.8) is 0 Å². The largest absolute Gasteiger partial charge is 0.491 e. The first-order chi connectivity index (χ1) is 10.2. The molecule has 0 heterocycles. The molecule has 0 aliphatic carbocycles. The zero-order chi connectivity index (χ0) is 15.5. The number of rotatable bonds is 10. The molecular weight excluding hydrogens is 276 g/mol. The fraction of sp³-hybridized carbons (Fsp3) is 0.400. The standard InChI is InChI=1S/C15H20O6/c1-18-7-9-20-13-5-3-12(4-6-15(16)17)14(11-13)21-10-8-19-2/h3-6,11H,7-10H2,1-2H3,(H,16,17). The molecule has 0 radical (unpaired) electrons. The van der Waals surface area contributed by atoms with Gasteiger partial charge in [-0.25, -0.2) is 4.79 Å². The number of carbonyl (C=O) groups is 1. The van der Waals surface area contributed by atoms with Crippen molar-refractivity contribution >= 4 is 12.0 Å². The first kappa shape index (κ1) is 17.0. The summed E-state index contributed by atoms with van der Waals surface area (Å²) < 4.78 is 20.9. The van der Waals surface area contributed by atoms with Crippen molar-refractivity contribution < 1.29 is 28.8 Å². The van der Waals surface area contributed by atoms with Crippen LogP contribution in [-0.2, 0) is 14.3 Å². The van der Waals surface area contributed by atoms with Crippen LogP contribution in [0.15, 0.2) is 24.3 Å². The molecule has 6 nitrogen and oxygen atoms in total. The van der Waals surface area contributed by atoms with Crippen molar-refractivity contribution in [1.82, 2.24) is 0 Å². The molecule has 0 fully saturated rings. The highest BCUT2D eigenvalue weighted by Crippen LogP contribution is 2.26. The minimum Gasteiger partial charge on any atom is -0.491 e. The molecule has 21 heavy (non-hydrogen) atoms. The van der Waals surface area contributed by atoms with E-state index in [1.807, 2.05) is 0 Å². The van der Waals surface area contributed by atoms with Crippen molar-refractivity contribution in [3.05, 3.63) is 29.8 Å². The predicted octanol–water partition coefficient (Wildman–Crippen LogP) is 1.83. The molecule has 1 N–H and O–H groups in total. The van der Waals surface area contributed by atoms with Gasteiger partial charge >= 0.3 is 5.97 Å². The van der Waals surface area contributed by atoms with Crippen LogP contribution in [0.3, 0.4) is 0 Å². The maximum absolute atomic E-state index is 10.6. The summed E-state index contributed by atoms with van der Waals surface area (Å²) in [5.74, 6) is 0.157. The molecule has 0 aromatic heterocycles. The fourth-order valence-corrected chi connectivity index (χ4v) is 1.51. The van der Waals surface area contributed by atoms with Gasteiger partial charge in [-0.05, 0) is 18.2 Å². The Morgan fingerprint density at radius 3 is 2.38 bits per heavy atom. The van der Waals surface area contributed by atoms with Gasteiger partial charge < -0.3 is 24.1 Å². The SMILES string of the molecule is COCCOc1ccc(C=CC(=O)O)c(OCCOC)c1. The van der Waals surface area contributed by atoms with Gasteiger partial charge in [-0.15, -0.1) is 0 Å². The minimum atomic E-state index is -1.02. The van der Waals surface area contributed by atoms with Gasteiger partial charge in [-0.3, -0.25) is 0 Å². The highest BCUT2D eigenvalue weighted by Gasteiger charge is 2.05. The maximum atomic E-state index is 10.6. The third kappa shape index (κ3) is 6.78. The molecule has 0 amide bonds. The van der Waals surface area contributed by atoms with Gasteiger partial charge in [0.15, 0.2) is 0 Å². The van der Waals surface area contributed by atoms with E-state index in [1.54, 1.807) is 32.4 Å². The second-order valence-electron chi connectivity index (χ2n) is 4.05. The van der Waals surface area contributed by atoms with Crippen molar-refractivity contribution in [2.24, 2.45) is 0 Å². The van der Waals surface area contributed by atoms with Crippen LogP contribution in [0.25, 0.3) is 6.08 Å². The lowest BCUT2D eigenvalue weighted by molar-refractivity contribution is -0.131. The molecule has 0 bridgehead atoms. The quantitative estimate of drug-likeness (QED) is 0.524. The number of carboxylic acid groups (broad SMARTS) is 1. The van der Waals surface area contributed by atoms with E-state index in [9.17, 15) is 4.79 Å². The number of aliphatic carboxylic acids is 1. The lowest BCUT2D eigenvalue weighted by atomic mass is 10.1. The van der Waals surface area contributed by atoms with E-state index in [0.29, 0.717) is 43.5 Å². The van der Waals surface area contributed by atoms with Crippen LogP contribution in [0.2, 0.25) is 0 Å². The summed E-state index contributed by atoms with van der Waals surface area (Å²) in [4.78, 5) is 10.6. The third-order valence-corrected chi connectivity index (χ3v) is 2.49. The van der Waals surface area contributed by atoms with Crippen LogP contribution in [0.5, 0.6) is 11.5 Å². The highest BCUT2D eigenvalue weighted by molar-refractivity contribution is 5.86. The molecule has 1 aromatic carbocycles. The van der Waals surface area contributed by atoms with Crippen LogP contribution < -0.4 is 9.47 Å². The summed E-state index contributed by atoms with van der Waals surface area (Å²) in [5.41, 5.74) is 0.660. The van der Waals surface area contributed by atoms with Crippen molar-refractivity contribution in [3.8, 4) is 11.5 Å². The zero-order valence-corrected chi connectivity index (χ0v) is 12.2. The Morgan fingerprint density at radius 2 is 1.76 bits per heavy atom. The Morgan fingerprint density at radius 1 is 1.10 bits per heavy atom. The third-order valence-electron chi connectivity index (χ3n) is 2.49. The second-order valence-corrected chi connectivity index (χ2v) is 4.05. The van der Waals surface area contributed by atoms with Crippen LogP contribution in [0.4, 0.5) is 0 Å². The van der Waals surface area contributed by atoms with E-state index < -0.39 is 5.97 Å². The Bertz CT molecular complexity index is 469. The molecule has 1 aromatic rings. The first-order valence-electron chi connectivity index (χ1n) is 6.46. The Kier molecular flexibility index (Phi) is 7.93. The van der Waals surface area contributed by atoms with Gasteiger partial charge in [0.05, 0.1) is 13.2 Å². The van der Waals surface area contributed by atoms with Crippen molar-refractivity contribution in [2.45, 2.75) is 0 Å². The lowest BCUT2D eigenvalue weighted by Gasteiger charge is -2.12. The van der Waals surface area contributed by atoms with Crippen LogP contribution >= 0.6 is 0 Å². The normalized spacial score (nSPS) is 10.8. The number of hydrogen-bond donors (Lipinski definition) is 1. The highest BCUT2D eigenvalue weighted by atomic mass is 16.5. The molecule has 0 spiro atoms. The van der Waals surface area contributed by atoms with Crippen molar-refractivity contribution in [1.29, 1.82) is 0 Å². The van der Waals surface area contributed by atoms with Gasteiger partial charge in [-0.2, -0.15) is 0 Å². The summed E-state index contributed by atoms with van der Waals surface area (Å²) in [6.45, 7) is 1.72. The molecule has 0 saturated heterocycles. The fourth-order valence-electron chi connectivity index (χ4n) is 1.51. The summed E-state index contributed by atoms with van der Waals surface area (Å²) in [6.07, 6.45) is 2.54. The molecule has 0 atom stereocenters. The number of benzene rings is 1. The van der Waals surface area contributed by atoms with Gasteiger partial charge in [0.1, 0.15) is 24.7 Å². The summed E-state index contributed by atoms with van der Waals surface area (Å²) in [6, 6.07) is 5.21. The average Bonchev–Trinajstić information content (AvgIpc) is 2.47. The van der Waals surface area contributed by atoms with Crippen LogP contribution in [0.1, 0.15) is 5.56 Å². The molecule has 0 aliphatic rings. The second kappa shape index (κ2) is 9.79. The predicted molar refractivity (Wildman–Crippen MR) is 77.9 cm³/mol. The smallest absolute Gasteiger partial charge is 0.328 e. The van der Waals surface area contributed by atoms with Gasteiger partial charge in [0.2, 0.25) is 0 Å². The van der Waals surface area contributed by atoms with Gasteiger partial charge in [0, 0.05) is 31.9 Å². The van der Waals surface area contributed by atoms with Gasteiger partial charge in [-0.1, -0.05) is 0 Å². The summed E-state index contributed by atoms with van der Waals surface area (Å²) in [7, 11) is 3.18. The molecule has 6 heteroatoms. The first-order valence-corrected chi connectivity index (χ1v) is 6.46. The average molecular weight is 296 g/mol. The Labute approximate surface area is 123 Å². The van der Waals surface area contributed by atoms with E-state index in [1.165, 1.54) is 6.08 Å². The molecule has 1 rings (SSSR count). The Balaban J connectivity index is 2.82. The maximum Gasteiger partial charge on any atom is 0.328 e. The van der Waals surface area contributed by atoms with E-state index >= 15 is 0 Å². The summed E-state index contributed by atoms with van der Waals surface area (Å²) >= 11 is 0. The Hall–Kier alpha value is -2.05. The monoisotopic (exact) mass is 296 g/mol. The number of methoxy groups -OCH3 is 2. The molecule has 0 saturated carbocycles. The number of hydrogen-bond acceptors (Lipinski definition) is 5. The van der Waals surface area contributed by atoms with E-state index in [2.05, 4.69) is 0 Å². The van der Waals surface area contributed by atoms with Crippen LogP contribution in [0, 0.1) is 0 Å². The number of ether oxygens (including phenoxy) is 4. The summed E-state index contributed by atoms with van der Waals surface area (Å²) in [5, 5.41) is 8.69. The number of carboxylic acids is 1. The zero-order valence-electron chi connectivity index (χ0n) is 12.2. The van der Waals surface area contributed by atoms with Crippen LogP contribution in [-0.4, -0.2) is 51.7 Å². The topological polar surface area (TPSA) is 74.2 Å². The van der Waals surface area contributed by atoms with Crippen molar-refractivity contribution in [2.75, 3.05) is 40.6 Å². The van der Waals surface area contributed by atoms with E-state index in [4.69, 9.17) is 24.1 Å². The molecule has 0 aliphatic heterocycles. The van der Waals surface area contributed by atoms with E-state index in [0.717, 1.165) is 6.08 Å². The molecule has 0 unspecified atom stereocenters. The van der Waals surface area contributed by atoms with Gasteiger partial charge in [0.25, 0.3) is 0 Å². The molecule has 116 valence electrons. The lowest BCUT2D eigenvalue weighted by Crippen LogP contribution is -2.07. The van der Waals surface area contributed by atoms with E-state index in [-0.39, 0.29) is 0 Å². The molecular formula is C15H20O6.